The summed E-state index contributed by atoms with van der Waals surface area (Å²) in [6.07, 6.45) is 9.52. The van der Waals surface area contributed by atoms with Crippen LogP contribution in [0, 0.1) is 39.0 Å². The zero-order chi connectivity index (χ0) is 33.2. The molecule has 0 heterocycles. The van der Waals surface area contributed by atoms with Gasteiger partial charge in [-0.1, -0.05) is 0 Å². The summed E-state index contributed by atoms with van der Waals surface area (Å²) in [6.45, 7) is 18.5. The first-order valence-corrected chi connectivity index (χ1v) is 24.3. The third-order valence-corrected chi connectivity index (χ3v) is 28.3. The van der Waals surface area contributed by atoms with Crippen LogP contribution in [0.25, 0.3) is 11.1 Å². The maximum absolute atomic E-state index is 6.99. The molecule has 1 unspecified atom stereocenters. The van der Waals surface area contributed by atoms with Gasteiger partial charge >= 0.3 is 290 Å². The quantitative estimate of drug-likeness (QED) is 0.154. The van der Waals surface area contributed by atoms with Crippen molar-refractivity contribution in [2.75, 3.05) is 0 Å². The third-order valence-electron chi connectivity index (χ3n) is 11.3. The van der Waals surface area contributed by atoms with Crippen LogP contribution in [-0.2, 0) is 24.7 Å². The predicted molar refractivity (Wildman–Crippen MR) is 216 cm³/mol. The maximum atomic E-state index is 6.99. The Morgan fingerprint density at radius 3 is 1.90 bits per heavy atom. The van der Waals surface area contributed by atoms with Crippen molar-refractivity contribution in [1.29, 1.82) is 0 Å². The van der Waals surface area contributed by atoms with Crippen molar-refractivity contribution in [3.8, 4) is 11.1 Å². The first-order chi connectivity index (χ1) is 21.7. The molecule has 0 aliphatic heterocycles. The fraction of sp³-hybridized carbons (Fsp3) is 0.326. The summed E-state index contributed by atoms with van der Waals surface area (Å²) in [6, 6.07) is 24.7. The standard InChI is InChI=1S/C17H17.C13H21.2C6H4Cl.CH2.2ClH.Zr/c1-10-5-14-9-15-6-11(2)13(4)8-17(15)16(14)7-12(10)3;1-5-6-7-11-8-9-12(10-11)13(2,3)4;2*7-6-4-2-1-3-5-6;;;;/h5,7-8H,9H2,1-4H3;9-11H,5-7H2,1-4H3;2*1-2,4-5H;1H2;2*1H;. The average molecular weight is 800 g/mol. The molecule has 0 aromatic heterocycles. The van der Waals surface area contributed by atoms with Crippen LogP contribution in [0.1, 0.15) is 80.3 Å². The molecule has 48 heavy (non-hydrogen) atoms. The van der Waals surface area contributed by atoms with Gasteiger partial charge in [0.1, 0.15) is 0 Å². The number of allylic oxidation sites excluding steroid dienone is 4. The molecule has 2 aliphatic carbocycles. The summed E-state index contributed by atoms with van der Waals surface area (Å²) in [5, 5.41) is 1.51. The van der Waals surface area contributed by atoms with Gasteiger partial charge in [-0.15, -0.1) is 24.8 Å². The fourth-order valence-corrected chi connectivity index (χ4v) is 27.0. The summed E-state index contributed by atoms with van der Waals surface area (Å²) in [7, 11) is 0. The first kappa shape index (κ1) is 39.1. The number of aryl methyl sites for hydroxylation is 3. The van der Waals surface area contributed by atoms with Crippen LogP contribution in [0.3, 0.4) is 0 Å². The van der Waals surface area contributed by atoms with Gasteiger partial charge in [0.05, 0.1) is 0 Å². The van der Waals surface area contributed by atoms with E-state index >= 15 is 0 Å². The molecular formula is C43H50Cl4Zr. The Kier molecular flexibility index (Phi) is 11.5. The van der Waals surface area contributed by atoms with Gasteiger partial charge < -0.3 is 0 Å². The van der Waals surface area contributed by atoms with Gasteiger partial charge in [-0.25, -0.2) is 0 Å². The number of fused-ring (bicyclic) bond motifs is 3. The molecule has 0 N–H and O–H groups in total. The second kappa shape index (κ2) is 14.1. The van der Waals surface area contributed by atoms with E-state index in [2.05, 4.69) is 122 Å². The Balaban J connectivity index is 0.00000260. The minimum absolute atomic E-state index is 0. The van der Waals surface area contributed by atoms with Crippen molar-refractivity contribution >= 4 is 62.0 Å². The molecule has 0 radical (unpaired) electrons. The van der Waals surface area contributed by atoms with Crippen molar-refractivity contribution in [3.63, 3.8) is 0 Å². The molecule has 254 valence electrons. The zero-order valence-corrected chi connectivity index (χ0v) is 35.3. The Morgan fingerprint density at radius 2 is 1.35 bits per heavy atom. The van der Waals surface area contributed by atoms with Gasteiger partial charge in [0.25, 0.3) is 0 Å². The van der Waals surface area contributed by atoms with E-state index in [0.29, 0.717) is 5.92 Å². The Labute approximate surface area is 312 Å². The summed E-state index contributed by atoms with van der Waals surface area (Å²) < 4.78 is 11.4. The number of rotatable bonds is 7. The molecule has 1 atom stereocenters. The van der Waals surface area contributed by atoms with E-state index in [4.69, 9.17) is 27.4 Å². The van der Waals surface area contributed by atoms with E-state index in [0.717, 1.165) is 29.3 Å². The van der Waals surface area contributed by atoms with Crippen LogP contribution >= 0.6 is 48.0 Å². The normalized spacial score (nSPS) is 15.6. The minimum atomic E-state index is -5.17. The van der Waals surface area contributed by atoms with Crippen molar-refractivity contribution in [2.24, 2.45) is 11.3 Å². The van der Waals surface area contributed by atoms with Crippen molar-refractivity contribution in [1.82, 2.24) is 0 Å². The molecule has 0 saturated heterocycles. The van der Waals surface area contributed by atoms with E-state index in [9.17, 15) is 0 Å². The molecule has 0 spiro atoms. The second-order valence-corrected chi connectivity index (χ2v) is 28.7. The molecule has 5 heteroatoms. The topological polar surface area (TPSA) is 0 Å². The van der Waals surface area contributed by atoms with Gasteiger partial charge in [0.15, 0.2) is 0 Å². The molecule has 2 aliphatic rings. The van der Waals surface area contributed by atoms with Crippen molar-refractivity contribution < 1.29 is 18.3 Å². The van der Waals surface area contributed by atoms with Crippen LogP contribution in [-0.4, -0.2) is 4.21 Å². The number of unbranched alkanes of at least 4 members (excludes halogenated alkanes) is 1. The summed E-state index contributed by atoms with van der Waals surface area (Å²) in [5.41, 5.74) is 12.4. The molecule has 0 amide bonds. The van der Waals surface area contributed by atoms with E-state index in [-0.39, 0.29) is 30.2 Å². The van der Waals surface area contributed by atoms with Crippen LogP contribution in [0.5, 0.6) is 0 Å². The van der Waals surface area contributed by atoms with Crippen molar-refractivity contribution in [3.05, 3.63) is 131 Å². The fourth-order valence-electron chi connectivity index (χ4n) is 8.53. The Bertz CT molecular complexity index is 1970. The Hall–Kier alpha value is -1.73. The van der Waals surface area contributed by atoms with Crippen LogP contribution in [0.2, 0.25) is 10.0 Å². The molecule has 0 fully saturated rings. The Morgan fingerprint density at radius 1 is 0.792 bits per heavy atom. The SMILES string of the molecule is Cl.Cl.[CH2]=[Zr]([C]1=CC(C(C)(C)C)=CC1CCCC)([c]1cccc(Cl)c1)([c]1cccc(Cl)c1)[c]1c(C)c(C)cc2c1Cc1cc(C)c(C)cc1-2. The summed E-state index contributed by atoms with van der Waals surface area (Å²) in [5.74, 6) is 0.291. The first-order valence-electron chi connectivity index (χ1n) is 16.9. The summed E-state index contributed by atoms with van der Waals surface area (Å²) >= 11 is 8.81. The second-order valence-electron chi connectivity index (χ2n) is 15.2. The monoisotopic (exact) mass is 796 g/mol. The molecule has 4 aromatic carbocycles. The van der Waals surface area contributed by atoms with E-state index in [1.807, 2.05) is 12.1 Å². The van der Waals surface area contributed by atoms with Crippen molar-refractivity contribution in [2.45, 2.75) is 81.1 Å². The molecule has 6 rings (SSSR count). The van der Waals surface area contributed by atoms with E-state index < -0.39 is 18.3 Å². The van der Waals surface area contributed by atoms with E-state index in [1.54, 1.807) is 0 Å². The number of hydrogen-bond donors (Lipinski definition) is 0. The molecule has 4 aromatic rings. The zero-order valence-electron chi connectivity index (χ0n) is 29.7. The van der Waals surface area contributed by atoms with Gasteiger partial charge in [-0.05, 0) is 0 Å². The molecule has 0 nitrogen and oxygen atoms in total. The van der Waals surface area contributed by atoms with Crippen LogP contribution < -0.4 is 9.81 Å². The number of benzene rings is 4. The molecular weight excluding hydrogens is 750 g/mol. The third kappa shape index (κ3) is 6.13. The summed E-state index contributed by atoms with van der Waals surface area (Å²) in [4.78, 5) is 0. The van der Waals surface area contributed by atoms with Gasteiger partial charge in [0.2, 0.25) is 0 Å². The van der Waals surface area contributed by atoms with Gasteiger partial charge in [-0.3, -0.25) is 0 Å². The van der Waals surface area contributed by atoms with Crippen LogP contribution in [0.15, 0.2) is 87.7 Å². The molecule has 0 saturated carbocycles. The number of hydrogen-bond acceptors (Lipinski definition) is 0. The average Bonchev–Trinajstić information content (AvgIpc) is 3.59. The van der Waals surface area contributed by atoms with Gasteiger partial charge in [-0.2, -0.15) is 0 Å². The van der Waals surface area contributed by atoms with E-state index in [1.165, 1.54) is 69.6 Å². The van der Waals surface area contributed by atoms with Gasteiger partial charge in [0, 0.05) is 0 Å². The predicted octanol–water partition coefficient (Wildman–Crippen LogP) is 11.7. The number of halogens is 4. The van der Waals surface area contributed by atoms with Crippen LogP contribution in [0.4, 0.5) is 0 Å². The molecule has 0 bridgehead atoms.